The maximum atomic E-state index is 4.32. The van der Waals surface area contributed by atoms with Gasteiger partial charge in [-0.2, -0.15) is 0 Å². The van der Waals surface area contributed by atoms with Gasteiger partial charge in [-0.1, -0.05) is 57.6 Å². The third-order valence-electron chi connectivity index (χ3n) is 4.52. The molecule has 0 N–H and O–H groups in total. The molecule has 21 heavy (non-hydrogen) atoms. The Labute approximate surface area is 133 Å². The lowest BCUT2D eigenvalue weighted by Crippen LogP contribution is -2.03. The number of rotatable bonds is 11. The molecule has 120 valence electrons. The fourth-order valence-electron chi connectivity index (χ4n) is 2.71. The third kappa shape index (κ3) is 8.09. The first-order valence-corrected chi connectivity index (χ1v) is 8.60. The molecule has 0 amide bonds. The molecule has 0 aromatic heterocycles. The van der Waals surface area contributed by atoms with E-state index >= 15 is 0 Å². The average molecular weight is 289 g/mol. The molecule has 0 aromatic carbocycles. The van der Waals surface area contributed by atoms with Gasteiger partial charge in [0.25, 0.3) is 0 Å². The van der Waals surface area contributed by atoms with E-state index in [1.807, 2.05) is 0 Å². The smallest absolute Gasteiger partial charge is 0.0194 e. The molecule has 0 spiro atoms. The van der Waals surface area contributed by atoms with Gasteiger partial charge in [-0.3, -0.25) is 0 Å². The molecule has 2 atom stereocenters. The summed E-state index contributed by atoms with van der Waals surface area (Å²) in [5, 5.41) is 0. The van der Waals surface area contributed by atoms with Crippen LogP contribution >= 0.6 is 0 Å². The molecule has 0 heterocycles. The quantitative estimate of drug-likeness (QED) is 0.213. The Bertz CT molecular complexity index is 367. The maximum absolute atomic E-state index is 4.32. The minimum absolute atomic E-state index is 0.578. The van der Waals surface area contributed by atoms with Crippen LogP contribution in [0.2, 0.25) is 0 Å². The van der Waals surface area contributed by atoms with Crippen molar-refractivity contribution in [2.75, 3.05) is 0 Å². The van der Waals surface area contributed by atoms with Crippen LogP contribution < -0.4 is 0 Å². The van der Waals surface area contributed by atoms with Crippen molar-refractivity contribution in [2.24, 2.45) is 11.8 Å². The summed E-state index contributed by atoms with van der Waals surface area (Å²) >= 11 is 0. The molecule has 0 rings (SSSR count). The Morgan fingerprint density at radius 2 is 1.67 bits per heavy atom. The molecular formula is C21H36. The van der Waals surface area contributed by atoms with E-state index in [-0.39, 0.29) is 0 Å². The van der Waals surface area contributed by atoms with E-state index in [0.29, 0.717) is 11.8 Å². The summed E-state index contributed by atoms with van der Waals surface area (Å²) in [4.78, 5) is 0. The van der Waals surface area contributed by atoms with Gasteiger partial charge in [0, 0.05) is 0 Å². The van der Waals surface area contributed by atoms with Crippen LogP contribution in [-0.2, 0) is 0 Å². The molecule has 2 unspecified atom stereocenters. The zero-order valence-corrected chi connectivity index (χ0v) is 15.0. The van der Waals surface area contributed by atoms with E-state index in [4.69, 9.17) is 0 Å². The normalized spacial score (nSPS) is 15.7. The number of allylic oxidation sites excluding steroid dienone is 6. The van der Waals surface area contributed by atoms with Gasteiger partial charge in [0.15, 0.2) is 0 Å². The van der Waals surface area contributed by atoms with Crippen molar-refractivity contribution in [3.8, 4) is 0 Å². The van der Waals surface area contributed by atoms with E-state index in [1.165, 1.54) is 42.4 Å². The van der Waals surface area contributed by atoms with Crippen LogP contribution in [0.4, 0.5) is 0 Å². The van der Waals surface area contributed by atoms with Crippen LogP contribution in [0.5, 0.6) is 0 Å². The molecule has 0 aromatic rings. The topological polar surface area (TPSA) is 0 Å². The monoisotopic (exact) mass is 288 g/mol. The highest BCUT2D eigenvalue weighted by Gasteiger charge is 2.11. The summed E-state index contributed by atoms with van der Waals surface area (Å²) in [6, 6.07) is 0. The molecule has 0 fully saturated rings. The van der Waals surface area contributed by atoms with Crippen molar-refractivity contribution in [3.05, 3.63) is 48.1 Å². The highest BCUT2D eigenvalue weighted by molar-refractivity contribution is 5.31. The van der Waals surface area contributed by atoms with Crippen molar-refractivity contribution in [1.82, 2.24) is 0 Å². The molecule has 0 heteroatoms. The number of unbranched alkanes of at least 4 members (excludes halogenated alkanes) is 1. The van der Waals surface area contributed by atoms with Crippen LogP contribution in [0.3, 0.4) is 0 Å². The average Bonchev–Trinajstić information content (AvgIpc) is 2.50. The Morgan fingerprint density at radius 1 is 1.05 bits per heavy atom. The van der Waals surface area contributed by atoms with E-state index in [0.717, 1.165) is 12.8 Å². The Kier molecular flexibility index (Phi) is 11.0. The van der Waals surface area contributed by atoms with Gasteiger partial charge in [-0.25, -0.2) is 0 Å². The highest BCUT2D eigenvalue weighted by Crippen LogP contribution is 2.27. The van der Waals surface area contributed by atoms with Crippen LogP contribution in [0.25, 0.3) is 0 Å². The van der Waals surface area contributed by atoms with Crippen molar-refractivity contribution in [1.29, 1.82) is 0 Å². The fourth-order valence-corrected chi connectivity index (χ4v) is 2.71. The summed E-state index contributed by atoms with van der Waals surface area (Å²) in [6.07, 6.45) is 13.8. The van der Waals surface area contributed by atoms with E-state index in [1.54, 1.807) is 0 Å². The lowest BCUT2D eigenvalue weighted by Gasteiger charge is -2.18. The molecular weight excluding hydrogens is 252 g/mol. The summed E-state index contributed by atoms with van der Waals surface area (Å²) in [6.45, 7) is 19.3. The molecule has 0 radical (unpaired) electrons. The second-order valence-electron chi connectivity index (χ2n) is 6.20. The Balaban J connectivity index is 4.23. The molecule has 0 bridgehead atoms. The van der Waals surface area contributed by atoms with Crippen LogP contribution in [0.15, 0.2) is 48.1 Å². The largest absolute Gasteiger partial charge is 0.103 e. The number of hydrogen-bond donors (Lipinski definition) is 0. The van der Waals surface area contributed by atoms with Crippen LogP contribution in [-0.4, -0.2) is 0 Å². The first kappa shape index (κ1) is 20.0. The first-order chi connectivity index (χ1) is 9.99. The maximum Gasteiger partial charge on any atom is -0.0194 e. The number of hydrogen-bond acceptors (Lipinski definition) is 0. The standard InChI is InChI=1S/C21H36/c1-8-17(5)14-12-13-15-18(6)19(7)16-21(11-4)20(9-2)10-3/h8-9,11,17,19H,1,6,10,12-16H2,2-5,7H3. The van der Waals surface area contributed by atoms with Crippen molar-refractivity contribution >= 4 is 0 Å². The van der Waals surface area contributed by atoms with Gasteiger partial charge in [0.1, 0.15) is 0 Å². The Morgan fingerprint density at radius 3 is 2.14 bits per heavy atom. The molecule has 0 aliphatic carbocycles. The summed E-state index contributed by atoms with van der Waals surface area (Å²) < 4.78 is 0. The zero-order valence-electron chi connectivity index (χ0n) is 15.0. The lowest BCUT2D eigenvalue weighted by atomic mass is 9.87. The minimum Gasteiger partial charge on any atom is -0.103 e. The second-order valence-corrected chi connectivity index (χ2v) is 6.20. The predicted molar refractivity (Wildman–Crippen MR) is 98.6 cm³/mol. The van der Waals surface area contributed by atoms with Gasteiger partial charge < -0.3 is 0 Å². The van der Waals surface area contributed by atoms with Crippen LogP contribution in [0.1, 0.15) is 73.1 Å². The van der Waals surface area contributed by atoms with Gasteiger partial charge >= 0.3 is 0 Å². The van der Waals surface area contributed by atoms with Gasteiger partial charge in [0.2, 0.25) is 0 Å². The first-order valence-electron chi connectivity index (χ1n) is 8.60. The SMILES string of the molecule is C=CC(C)CCCCC(=C)C(C)CC(=CC)C(=CC)CC. The molecule has 0 aliphatic heterocycles. The molecule has 0 aliphatic rings. The fraction of sp³-hybridized carbons (Fsp3) is 0.619. The summed E-state index contributed by atoms with van der Waals surface area (Å²) in [5.41, 5.74) is 4.39. The molecule has 0 saturated carbocycles. The summed E-state index contributed by atoms with van der Waals surface area (Å²) in [7, 11) is 0. The van der Waals surface area contributed by atoms with E-state index in [9.17, 15) is 0 Å². The highest BCUT2D eigenvalue weighted by atomic mass is 14.2. The predicted octanol–water partition coefficient (Wildman–Crippen LogP) is 7.25. The lowest BCUT2D eigenvalue weighted by molar-refractivity contribution is 0.558. The van der Waals surface area contributed by atoms with Gasteiger partial charge in [-0.05, 0) is 68.9 Å². The Hall–Kier alpha value is -1.04. The van der Waals surface area contributed by atoms with Crippen molar-refractivity contribution < 1.29 is 0 Å². The van der Waals surface area contributed by atoms with Crippen LogP contribution in [0, 0.1) is 11.8 Å². The van der Waals surface area contributed by atoms with E-state index < -0.39 is 0 Å². The van der Waals surface area contributed by atoms with Crippen molar-refractivity contribution in [2.45, 2.75) is 73.1 Å². The van der Waals surface area contributed by atoms with Gasteiger partial charge in [-0.15, -0.1) is 6.58 Å². The molecule has 0 saturated heterocycles. The van der Waals surface area contributed by atoms with E-state index in [2.05, 4.69) is 66.0 Å². The van der Waals surface area contributed by atoms with Gasteiger partial charge in [0.05, 0.1) is 0 Å². The van der Waals surface area contributed by atoms with Crippen molar-refractivity contribution in [3.63, 3.8) is 0 Å². The minimum atomic E-state index is 0.578. The summed E-state index contributed by atoms with van der Waals surface area (Å²) in [5.74, 6) is 1.22. The zero-order chi connectivity index (χ0) is 16.3. The second kappa shape index (κ2) is 11.6. The third-order valence-corrected chi connectivity index (χ3v) is 4.52. The molecule has 0 nitrogen and oxygen atoms in total.